The molecule has 0 saturated carbocycles. The zero-order valence-electron chi connectivity index (χ0n) is 11.0. The Labute approximate surface area is 139 Å². The highest BCUT2D eigenvalue weighted by Crippen LogP contribution is 2.42. The van der Waals surface area contributed by atoms with E-state index in [1.165, 1.54) is 0 Å². The van der Waals surface area contributed by atoms with Gasteiger partial charge in [0.1, 0.15) is 0 Å². The second-order valence-electron chi connectivity index (χ2n) is 4.70. The minimum atomic E-state index is -1.46. The van der Waals surface area contributed by atoms with Crippen LogP contribution >= 0.6 is 34.8 Å². The lowest BCUT2D eigenvalue weighted by Crippen LogP contribution is -2.48. The van der Waals surface area contributed by atoms with Crippen LogP contribution in [0.4, 0.5) is 11.4 Å². The fourth-order valence-corrected chi connectivity index (χ4v) is 3.04. The van der Waals surface area contributed by atoms with Crippen molar-refractivity contribution < 1.29 is 0 Å². The van der Waals surface area contributed by atoms with E-state index in [9.17, 15) is 0 Å². The SMILES string of the molecule is ClC(Cl)(Cl)C1N(c2ccccc2)C=CN1c1ccccc1. The largest absolute Gasteiger partial charge is 0.321 e. The molecule has 0 aromatic heterocycles. The minimum Gasteiger partial charge on any atom is -0.321 e. The third-order valence-corrected chi connectivity index (χ3v) is 3.90. The molecule has 0 N–H and O–H groups in total. The Hall–Kier alpha value is -1.35. The average molecular weight is 340 g/mol. The first-order valence-corrected chi connectivity index (χ1v) is 7.62. The summed E-state index contributed by atoms with van der Waals surface area (Å²) < 4.78 is -1.46. The molecule has 0 fully saturated rings. The van der Waals surface area contributed by atoms with Gasteiger partial charge in [0.15, 0.2) is 6.17 Å². The molecule has 1 aliphatic rings. The van der Waals surface area contributed by atoms with E-state index in [1.54, 1.807) is 0 Å². The summed E-state index contributed by atoms with van der Waals surface area (Å²) in [4.78, 5) is 3.92. The van der Waals surface area contributed by atoms with Crippen LogP contribution in [0.1, 0.15) is 0 Å². The van der Waals surface area contributed by atoms with Gasteiger partial charge in [0.25, 0.3) is 0 Å². The van der Waals surface area contributed by atoms with Gasteiger partial charge in [-0.25, -0.2) is 0 Å². The Balaban J connectivity index is 2.00. The average Bonchev–Trinajstić information content (AvgIpc) is 2.94. The maximum Gasteiger partial charge on any atom is 0.229 e. The van der Waals surface area contributed by atoms with Crippen LogP contribution in [0.25, 0.3) is 0 Å². The fourth-order valence-electron chi connectivity index (χ4n) is 2.41. The highest BCUT2D eigenvalue weighted by atomic mass is 35.6. The molecule has 0 unspecified atom stereocenters. The predicted octanol–water partition coefficient (Wildman–Crippen LogP) is 5.18. The van der Waals surface area contributed by atoms with Crippen molar-refractivity contribution in [3.05, 3.63) is 73.1 Å². The summed E-state index contributed by atoms with van der Waals surface area (Å²) in [5.41, 5.74) is 1.95. The third kappa shape index (κ3) is 2.98. The van der Waals surface area contributed by atoms with E-state index in [-0.39, 0.29) is 0 Å². The molecule has 2 aromatic carbocycles. The molecular formula is C16H13Cl3N2. The predicted molar refractivity (Wildman–Crippen MR) is 91.1 cm³/mol. The van der Waals surface area contributed by atoms with Crippen LogP contribution in [0, 0.1) is 0 Å². The van der Waals surface area contributed by atoms with E-state index in [2.05, 4.69) is 0 Å². The number of benzene rings is 2. The summed E-state index contributed by atoms with van der Waals surface area (Å²) in [6.07, 6.45) is 3.41. The molecule has 0 amide bonds. The summed E-state index contributed by atoms with van der Waals surface area (Å²) in [6.45, 7) is 0. The van der Waals surface area contributed by atoms with Crippen LogP contribution in [0.15, 0.2) is 73.1 Å². The first kappa shape index (κ1) is 14.6. The molecule has 1 aliphatic heterocycles. The van der Waals surface area contributed by atoms with Gasteiger partial charge in [-0.15, -0.1) is 0 Å². The maximum atomic E-state index is 6.24. The van der Waals surface area contributed by atoms with Crippen molar-refractivity contribution in [2.75, 3.05) is 9.80 Å². The molecule has 1 heterocycles. The summed E-state index contributed by atoms with van der Waals surface area (Å²) in [7, 11) is 0. The molecular weight excluding hydrogens is 327 g/mol. The van der Waals surface area contributed by atoms with Crippen LogP contribution in [0.2, 0.25) is 0 Å². The van der Waals surface area contributed by atoms with Crippen molar-refractivity contribution in [3.8, 4) is 0 Å². The van der Waals surface area contributed by atoms with Gasteiger partial charge in [0, 0.05) is 23.8 Å². The molecule has 0 aliphatic carbocycles. The Bertz CT molecular complexity index is 573. The first-order chi connectivity index (χ1) is 10.1. The summed E-state index contributed by atoms with van der Waals surface area (Å²) in [5, 5.41) is 0. The van der Waals surface area contributed by atoms with E-state index in [0.717, 1.165) is 11.4 Å². The summed E-state index contributed by atoms with van der Waals surface area (Å²) >= 11 is 18.7. The maximum absolute atomic E-state index is 6.24. The second kappa shape index (κ2) is 5.80. The summed E-state index contributed by atoms with van der Waals surface area (Å²) in [5.74, 6) is 0. The molecule has 3 rings (SSSR count). The number of anilines is 2. The zero-order valence-corrected chi connectivity index (χ0v) is 13.3. The van der Waals surface area contributed by atoms with E-state index >= 15 is 0 Å². The van der Waals surface area contributed by atoms with Gasteiger partial charge in [-0.2, -0.15) is 0 Å². The van der Waals surface area contributed by atoms with Crippen LogP contribution in [0.5, 0.6) is 0 Å². The normalized spacial score (nSPS) is 15.8. The molecule has 108 valence electrons. The van der Waals surface area contributed by atoms with Gasteiger partial charge in [-0.3, -0.25) is 0 Å². The van der Waals surface area contributed by atoms with E-state index in [0.29, 0.717) is 0 Å². The molecule has 2 aromatic rings. The molecule has 21 heavy (non-hydrogen) atoms. The molecule has 0 atom stereocenters. The molecule has 0 radical (unpaired) electrons. The molecule has 2 nitrogen and oxygen atoms in total. The number of hydrogen-bond acceptors (Lipinski definition) is 2. The fraction of sp³-hybridized carbons (Fsp3) is 0.125. The Morgan fingerprint density at radius 3 is 1.38 bits per heavy atom. The van der Waals surface area contributed by atoms with Gasteiger partial charge < -0.3 is 9.80 Å². The van der Waals surface area contributed by atoms with E-state index in [1.807, 2.05) is 82.9 Å². The highest BCUT2D eigenvalue weighted by molar-refractivity contribution is 6.68. The van der Waals surface area contributed by atoms with Crippen molar-refractivity contribution in [1.82, 2.24) is 0 Å². The third-order valence-electron chi connectivity index (χ3n) is 3.32. The molecule has 0 saturated heterocycles. The quantitative estimate of drug-likeness (QED) is 0.696. The number of hydrogen-bond donors (Lipinski definition) is 0. The number of alkyl halides is 3. The van der Waals surface area contributed by atoms with Crippen LogP contribution in [-0.2, 0) is 0 Å². The minimum absolute atomic E-state index is 0.438. The monoisotopic (exact) mass is 338 g/mol. The lowest BCUT2D eigenvalue weighted by molar-refractivity contribution is 0.696. The number of nitrogens with zero attached hydrogens (tertiary/aromatic N) is 2. The number of halogens is 3. The van der Waals surface area contributed by atoms with Gasteiger partial charge in [0.05, 0.1) is 0 Å². The molecule has 0 spiro atoms. The molecule has 0 bridgehead atoms. The van der Waals surface area contributed by atoms with Crippen molar-refractivity contribution in [2.24, 2.45) is 0 Å². The van der Waals surface area contributed by atoms with Gasteiger partial charge in [-0.05, 0) is 24.3 Å². The smallest absolute Gasteiger partial charge is 0.229 e. The van der Waals surface area contributed by atoms with Crippen molar-refractivity contribution in [2.45, 2.75) is 9.96 Å². The van der Waals surface area contributed by atoms with Crippen molar-refractivity contribution in [3.63, 3.8) is 0 Å². The number of para-hydroxylation sites is 2. The van der Waals surface area contributed by atoms with Gasteiger partial charge in [0.2, 0.25) is 3.79 Å². The standard InChI is InChI=1S/C16H13Cl3N2/c17-16(18,19)15-20(13-7-3-1-4-8-13)11-12-21(15)14-9-5-2-6-10-14/h1-12,15H. The summed E-state index contributed by atoms with van der Waals surface area (Å²) in [6, 6.07) is 19.7. The van der Waals surface area contributed by atoms with Crippen LogP contribution in [-0.4, -0.2) is 9.96 Å². The van der Waals surface area contributed by atoms with E-state index < -0.39 is 9.96 Å². The first-order valence-electron chi connectivity index (χ1n) is 6.49. The van der Waals surface area contributed by atoms with Gasteiger partial charge in [-0.1, -0.05) is 71.2 Å². The zero-order chi connectivity index (χ0) is 14.9. The van der Waals surface area contributed by atoms with Crippen LogP contribution in [0.3, 0.4) is 0 Å². The Morgan fingerprint density at radius 1 is 0.667 bits per heavy atom. The van der Waals surface area contributed by atoms with Crippen molar-refractivity contribution >= 4 is 46.2 Å². The Kier molecular flexibility index (Phi) is 4.03. The highest BCUT2D eigenvalue weighted by Gasteiger charge is 2.43. The van der Waals surface area contributed by atoms with Gasteiger partial charge >= 0.3 is 0 Å². The van der Waals surface area contributed by atoms with Crippen LogP contribution < -0.4 is 9.80 Å². The lowest BCUT2D eigenvalue weighted by Gasteiger charge is -2.37. The lowest BCUT2D eigenvalue weighted by atomic mass is 10.2. The number of rotatable bonds is 2. The topological polar surface area (TPSA) is 6.48 Å². The molecule has 5 heteroatoms. The Morgan fingerprint density at radius 2 is 1.05 bits per heavy atom. The van der Waals surface area contributed by atoms with E-state index in [4.69, 9.17) is 34.8 Å². The second-order valence-corrected chi connectivity index (χ2v) is 7.07. The van der Waals surface area contributed by atoms with Crippen molar-refractivity contribution in [1.29, 1.82) is 0 Å².